The lowest BCUT2D eigenvalue weighted by atomic mass is 9.93. The van der Waals surface area contributed by atoms with E-state index in [1.54, 1.807) is 11.9 Å². The van der Waals surface area contributed by atoms with Crippen LogP contribution in [0.1, 0.15) is 52.4 Å². The van der Waals surface area contributed by atoms with Crippen LogP contribution in [0.3, 0.4) is 0 Å². The zero-order valence-electron chi connectivity index (χ0n) is 12.7. The van der Waals surface area contributed by atoms with Crippen molar-refractivity contribution in [1.82, 2.24) is 4.90 Å². The number of likely N-dealkylation sites (N-methyl/N-ethyl adjacent to an activating group) is 1. The molecule has 0 aromatic rings. The van der Waals surface area contributed by atoms with Gasteiger partial charge in [-0.15, -0.1) is 0 Å². The maximum atomic E-state index is 12.2. The second kappa shape index (κ2) is 7.25. The molecule has 0 heterocycles. The molecule has 1 aliphatic carbocycles. The van der Waals surface area contributed by atoms with Crippen LogP contribution in [0.2, 0.25) is 0 Å². The summed E-state index contributed by atoms with van der Waals surface area (Å²) in [5, 5.41) is 10.3. The van der Waals surface area contributed by atoms with Crippen LogP contribution in [-0.4, -0.2) is 41.7 Å². The van der Waals surface area contributed by atoms with Gasteiger partial charge in [0.1, 0.15) is 0 Å². The Kier molecular flexibility index (Phi) is 6.27. The van der Waals surface area contributed by atoms with Crippen molar-refractivity contribution < 1.29 is 9.90 Å². The van der Waals surface area contributed by atoms with Gasteiger partial charge in [0.25, 0.3) is 0 Å². The van der Waals surface area contributed by atoms with E-state index in [1.165, 1.54) is 0 Å². The third kappa shape index (κ3) is 5.49. The highest BCUT2D eigenvalue weighted by Crippen LogP contribution is 2.30. The quantitative estimate of drug-likeness (QED) is 0.741. The van der Waals surface area contributed by atoms with Gasteiger partial charge >= 0.3 is 0 Å². The van der Waals surface area contributed by atoms with E-state index in [1.807, 2.05) is 0 Å². The van der Waals surface area contributed by atoms with Gasteiger partial charge in [0, 0.05) is 20.0 Å². The lowest BCUT2D eigenvalue weighted by Crippen LogP contribution is -2.42. The summed E-state index contributed by atoms with van der Waals surface area (Å²) in [6.45, 7) is 5.32. The van der Waals surface area contributed by atoms with Crippen LogP contribution in [0.25, 0.3) is 0 Å². The Morgan fingerprint density at radius 3 is 2.42 bits per heavy atom. The van der Waals surface area contributed by atoms with Gasteiger partial charge in [-0.25, -0.2) is 0 Å². The second-order valence-electron chi connectivity index (χ2n) is 6.62. The molecule has 0 aliphatic heterocycles. The first kappa shape index (κ1) is 16.4. The van der Waals surface area contributed by atoms with E-state index in [4.69, 9.17) is 5.73 Å². The van der Waals surface area contributed by atoms with E-state index >= 15 is 0 Å². The number of carbonyl (C=O) groups excluding carboxylic acids is 1. The Hall–Kier alpha value is -0.610. The molecule has 4 nitrogen and oxygen atoms in total. The van der Waals surface area contributed by atoms with Crippen LogP contribution < -0.4 is 5.73 Å². The van der Waals surface area contributed by atoms with Crippen molar-refractivity contribution in [3.63, 3.8) is 0 Å². The van der Waals surface area contributed by atoms with Crippen molar-refractivity contribution in [2.24, 2.45) is 17.6 Å². The first-order valence-corrected chi connectivity index (χ1v) is 7.52. The van der Waals surface area contributed by atoms with E-state index in [0.29, 0.717) is 25.4 Å². The minimum Gasteiger partial charge on any atom is -0.388 e. The highest BCUT2D eigenvalue weighted by atomic mass is 16.3. The SMILES string of the molecule is CC(C)C[C@H](CN)CC(=O)N(C)CC1(O)CCCC1. The maximum Gasteiger partial charge on any atom is 0.222 e. The van der Waals surface area contributed by atoms with Gasteiger partial charge in [-0.3, -0.25) is 4.79 Å². The van der Waals surface area contributed by atoms with Crippen LogP contribution in [0.4, 0.5) is 0 Å². The molecule has 1 rings (SSSR count). The summed E-state index contributed by atoms with van der Waals surface area (Å²) in [4.78, 5) is 13.9. The molecule has 0 radical (unpaired) electrons. The number of hydrogen-bond acceptors (Lipinski definition) is 3. The van der Waals surface area contributed by atoms with Gasteiger partial charge in [0.15, 0.2) is 0 Å². The molecule has 0 aromatic heterocycles. The molecule has 112 valence electrons. The Morgan fingerprint density at radius 1 is 1.37 bits per heavy atom. The van der Waals surface area contributed by atoms with Gasteiger partial charge in [0.2, 0.25) is 5.91 Å². The smallest absolute Gasteiger partial charge is 0.222 e. The average Bonchev–Trinajstić information content (AvgIpc) is 2.74. The zero-order chi connectivity index (χ0) is 14.5. The summed E-state index contributed by atoms with van der Waals surface area (Å²) < 4.78 is 0. The van der Waals surface area contributed by atoms with Crippen molar-refractivity contribution in [3.05, 3.63) is 0 Å². The van der Waals surface area contributed by atoms with Crippen LogP contribution in [0.5, 0.6) is 0 Å². The average molecular weight is 270 g/mol. The minimum atomic E-state index is -0.652. The Labute approximate surface area is 117 Å². The number of amides is 1. The van der Waals surface area contributed by atoms with E-state index in [-0.39, 0.29) is 11.8 Å². The topological polar surface area (TPSA) is 66.6 Å². The molecule has 4 heteroatoms. The third-order valence-electron chi connectivity index (χ3n) is 4.09. The van der Waals surface area contributed by atoms with Crippen molar-refractivity contribution in [2.75, 3.05) is 20.1 Å². The standard InChI is InChI=1S/C15H30N2O2/c1-12(2)8-13(10-16)9-14(18)17(3)11-15(19)6-4-5-7-15/h12-13,19H,4-11,16H2,1-3H3/t13-/m0/s1. The Morgan fingerprint density at radius 2 is 1.95 bits per heavy atom. The normalized spacial score (nSPS) is 19.7. The minimum absolute atomic E-state index is 0.108. The molecular formula is C15H30N2O2. The summed E-state index contributed by atoms with van der Waals surface area (Å²) >= 11 is 0. The predicted octanol–water partition coefficient (Wildman–Crippen LogP) is 1.76. The predicted molar refractivity (Wildman–Crippen MR) is 77.7 cm³/mol. The van der Waals surface area contributed by atoms with Gasteiger partial charge in [-0.2, -0.15) is 0 Å². The zero-order valence-corrected chi connectivity index (χ0v) is 12.7. The number of hydrogen-bond donors (Lipinski definition) is 2. The fourth-order valence-corrected chi connectivity index (χ4v) is 3.05. The number of nitrogens with zero attached hydrogens (tertiary/aromatic N) is 1. The lowest BCUT2D eigenvalue weighted by molar-refractivity contribution is -0.134. The molecule has 1 saturated carbocycles. The first-order valence-electron chi connectivity index (χ1n) is 7.52. The molecule has 1 fully saturated rings. The van der Waals surface area contributed by atoms with Gasteiger partial charge in [0.05, 0.1) is 5.60 Å². The highest BCUT2D eigenvalue weighted by Gasteiger charge is 2.33. The number of rotatable bonds is 7. The summed E-state index contributed by atoms with van der Waals surface area (Å²) in [6, 6.07) is 0. The van der Waals surface area contributed by atoms with E-state index in [2.05, 4.69) is 13.8 Å². The van der Waals surface area contributed by atoms with Gasteiger partial charge in [-0.05, 0) is 37.6 Å². The monoisotopic (exact) mass is 270 g/mol. The number of carbonyl (C=O) groups is 1. The summed E-state index contributed by atoms with van der Waals surface area (Å²) in [7, 11) is 1.79. The summed E-state index contributed by atoms with van der Waals surface area (Å²) in [5.74, 6) is 0.926. The second-order valence-corrected chi connectivity index (χ2v) is 6.62. The van der Waals surface area contributed by atoms with E-state index in [0.717, 1.165) is 32.1 Å². The number of aliphatic hydroxyl groups is 1. The fourth-order valence-electron chi connectivity index (χ4n) is 3.05. The van der Waals surface area contributed by atoms with Crippen molar-refractivity contribution >= 4 is 5.91 Å². The largest absolute Gasteiger partial charge is 0.388 e. The molecule has 19 heavy (non-hydrogen) atoms. The maximum absolute atomic E-state index is 12.2. The van der Waals surface area contributed by atoms with Gasteiger partial charge < -0.3 is 15.7 Å². The highest BCUT2D eigenvalue weighted by molar-refractivity contribution is 5.76. The Balaban J connectivity index is 2.42. The molecule has 3 N–H and O–H groups in total. The molecule has 0 spiro atoms. The molecule has 1 aliphatic rings. The van der Waals surface area contributed by atoms with Crippen LogP contribution in [0, 0.1) is 11.8 Å². The van der Waals surface area contributed by atoms with Crippen LogP contribution >= 0.6 is 0 Å². The van der Waals surface area contributed by atoms with E-state index < -0.39 is 5.60 Å². The van der Waals surface area contributed by atoms with Crippen molar-refractivity contribution in [3.8, 4) is 0 Å². The van der Waals surface area contributed by atoms with Crippen LogP contribution in [0.15, 0.2) is 0 Å². The molecule has 0 unspecified atom stereocenters. The molecule has 1 amide bonds. The van der Waals surface area contributed by atoms with Crippen molar-refractivity contribution in [2.45, 2.75) is 58.0 Å². The lowest BCUT2D eigenvalue weighted by Gasteiger charge is -2.29. The van der Waals surface area contributed by atoms with Gasteiger partial charge in [-0.1, -0.05) is 26.7 Å². The third-order valence-corrected chi connectivity index (χ3v) is 4.09. The molecule has 0 aromatic carbocycles. The fraction of sp³-hybridized carbons (Fsp3) is 0.933. The molecule has 0 bridgehead atoms. The van der Waals surface area contributed by atoms with E-state index in [9.17, 15) is 9.90 Å². The molecule has 1 atom stereocenters. The van der Waals surface area contributed by atoms with Crippen LogP contribution in [-0.2, 0) is 4.79 Å². The first-order chi connectivity index (χ1) is 8.86. The molecule has 0 saturated heterocycles. The van der Waals surface area contributed by atoms with Crippen molar-refractivity contribution in [1.29, 1.82) is 0 Å². The summed E-state index contributed by atoms with van der Waals surface area (Å²) in [5.41, 5.74) is 5.09. The Bertz CT molecular complexity index is 286. The molecular weight excluding hydrogens is 240 g/mol. The summed E-state index contributed by atoms with van der Waals surface area (Å²) in [6.07, 6.45) is 5.25. The number of nitrogens with two attached hydrogens (primary N) is 1.